The van der Waals surface area contributed by atoms with Crippen LogP contribution in [0.15, 0.2) is 47.5 Å². The van der Waals surface area contributed by atoms with E-state index in [0.29, 0.717) is 17.3 Å². The number of hydrogen-bond donors (Lipinski definition) is 0. The summed E-state index contributed by atoms with van der Waals surface area (Å²) in [4.78, 5) is 4.37. The minimum Gasteiger partial charge on any atom is -0.495 e. The largest absolute Gasteiger partial charge is 0.495 e. The van der Waals surface area contributed by atoms with Gasteiger partial charge in [0.2, 0.25) is 0 Å². The normalized spacial score (nSPS) is 10.9. The van der Waals surface area contributed by atoms with E-state index in [2.05, 4.69) is 4.99 Å². The van der Waals surface area contributed by atoms with Crippen molar-refractivity contribution in [1.29, 1.82) is 0 Å². The maximum absolute atomic E-state index is 6.04. The highest BCUT2D eigenvalue weighted by Gasteiger charge is 1.99. The lowest BCUT2D eigenvalue weighted by atomic mass is 10.2. The molecule has 0 aliphatic rings. The number of ether oxygens (including phenoxy) is 1. The molecule has 0 unspecified atom stereocenters. The van der Waals surface area contributed by atoms with Crippen molar-refractivity contribution in [3.05, 3.63) is 63.6 Å². The Morgan fingerprint density at radius 1 is 1.11 bits per heavy atom. The molecule has 0 bridgehead atoms. The van der Waals surface area contributed by atoms with Gasteiger partial charge >= 0.3 is 0 Å². The van der Waals surface area contributed by atoms with Crippen molar-refractivity contribution in [2.45, 2.75) is 6.54 Å². The van der Waals surface area contributed by atoms with Crippen molar-refractivity contribution in [2.24, 2.45) is 4.99 Å². The van der Waals surface area contributed by atoms with Gasteiger partial charge in [-0.15, -0.1) is 0 Å². The van der Waals surface area contributed by atoms with Crippen LogP contribution in [-0.4, -0.2) is 13.3 Å². The molecule has 0 saturated heterocycles. The lowest BCUT2D eigenvalue weighted by Gasteiger charge is -2.02. The lowest BCUT2D eigenvalue weighted by molar-refractivity contribution is 0.415. The topological polar surface area (TPSA) is 21.6 Å². The van der Waals surface area contributed by atoms with E-state index in [1.165, 1.54) is 0 Å². The molecule has 2 rings (SSSR count). The Bertz CT molecular complexity index is 579. The third kappa shape index (κ3) is 3.98. The summed E-state index contributed by atoms with van der Waals surface area (Å²) in [6.45, 7) is 0.612. The highest BCUT2D eigenvalue weighted by Crippen LogP contribution is 2.24. The average molecular weight is 294 g/mol. The van der Waals surface area contributed by atoms with Crippen LogP contribution in [-0.2, 0) is 6.54 Å². The van der Waals surface area contributed by atoms with E-state index in [9.17, 15) is 0 Å². The fourth-order valence-electron chi connectivity index (χ4n) is 1.61. The van der Waals surface area contributed by atoms with Crippen molar-refractivity contribution < 1.29 is 4.74 Å². The molecule has 2 aromatic carbocycles. The molecule has 0 spiro atoms. The van der Waals surface area contributed by atoms with Gasteiger partial charge in [0.15, 0.2) is 0 Å². The van der Waals surface area contributed by atoms with Crippen LogP contribution in [0.3, 0.4) is 0 Å². The molecule has 4 heteroatoms. The second-order valence-electron chi connectivity index (χ2n) is 3.99. The Labute approximate surface area is 122 Å². The van der Waals surface area contributed by atoms with Crippen LogP contribution >= 0.6 is 23.2 Å². The van der Waals surface area contributed by atoms with Gasteiger partial charge in [0.25, 0.3) is 0 Å². The molecular weight excluding hydrogens is 281 g/mol. The van der Waals surface area contributed by atoms with Crippen molar-refractivity contribution in [3.8, 4) is 5.75 Å². The summed E-state index contributed by atoms with van der Waals surface area (Å²) in [5, 5.41) is 1.31. The molecule has 0 aliphatic heterocycles. The molecule has 0 saturated carbocycles. The predicted octanol–water partition coefficient (Wildman–Crippen LogP) is 4.62. The Morgan fingerprint density at radius 2 is 1.84 bits per heavy atom. The van der Waals surface area contributed by atoms with E-state index in [1.54, 1.807) is 13.3 Å². The maximum Gasteiger partial charge on any atom is 0.137 e. The smallest absolute Gasteiger partial charge is 0.137 e. The van der Waals surface area contributed by atoms with Gasteiger partial charge in [-0.25, -0.2) is 0 Å². The van der Waals surface area contributed by atoms with E-state index < -0.39 is 0 Å². The van der Waals surface area contributed by atoms with Crippen molar-refractivity contribution in [3.63, 3.8) is 0 Å². The molecule has 0 radical (unpaired) electrons. The summed E-state index contributed by atoms with van der Waals surface area (Å²) in [6.07, 6.45) is 1.79. The van der Waals surface area contributed by atoms with Gasteiger partial charge in [0.1, 0.15) is 5.75 Å². The highest BCUT2D eigenvalue weighted by molar-refractivity contribution is 6.32. The van der Waals surface area contributed by atoms with E-state index in [0.717, 1.165) is 16.1 Å². The zero-order valence-electron chi connectivity index (χ0n) is 10.4. The molecule has 0 heterocycles. The number of methoxy groups -OCH3 is 1. The SMILES string of the molecule is COc1ccc(C=NCc2ccc(Cl)cc2)cc1Cl. The van der Waals surface area contributed by atoms with E-state index >= 15 is 0 Å². The Hall–Kier alpha value is -1.51. The van der Waals surface area contributed by atoms with Gasteiger partial charge < -0.3 is 4.74 Å². The lowest BCUT2D eigenvalue weighted by Crippen LogP contribution is -1.88. The predicted molar refractivity (Wildman–Crippen MR) is 80.8 cm³/mol. The van der Waals surface area contributed by atoms with Crippen LogP contribution in [0, 0.1) is 0 Å². The van der Waals surface area contributed by atoms with Crippen LogP contribution in [0.25, 0.3) is 0 Å². The molecule has 0 aromatic heterocycles. The van der Waals surface area contributed by atoms with Crippen molar-refractivity contribution >= 4 is 29.4 Å². The van der Waals surface area contributed by atoms with Crippen molar-refractivity contribution in [1.82, 2.24) is 0 Å². The second-order valence-corrected chi connectivity index (χ2v) is 4.83. The zero-order valence-corrected chi connectivity index (χ0v) is 11.9. The number of rotatable bonds is 4. The van der Waals surface area contributed by atoms with Gasteiger partial charge in [-0.1, -0.05) is 35.3 Å². The molecule has 0 fully saturated rings. The number of nitrogens with zero attached hydrogens (tertiary/aromatic N) is 1. The number of aliphatic imine (C=N–C) groups is 1. The summed E-state index contributed by atoms with van der Waals surface area (Å²) in [5.41, 5.74) is 2.06. The van der Waals surface area contributed by atoms with E-state index in [1.807, 2.05) is 42.5 Å². The molecule has 2 nitrogen and oxygen atoms in total. The van der Waals surface area contributed by atoms with Gasteiger partial charge in [0, 0.05) is 11.2 Å². The molecule has 0 amide bonds. The first-order valence-corrected chi connectivity index (χ1v) is 6.52. The third-order valence-electron chi connectivity index (χ3n) is 2.60. The second kappa shape index (κ2) is 6.60. The first-order valence-electron chi connectivity index (χ1n) is 5.77. The molecule has 98 valence electrons. The van der Waals surface area contributed by atoms with Gasteiger partial charge in [-0.2, -0.15) is 0 Å². The minimum atomic E-state index is 0.581. The molecular formula is C15H13Cl2NO. The van der Waals surface area contributed by atoms with Crippen LogP contribution < -0.4 is 4.74 Å². The summed E-state index contributed by atoms with van der Waals surface area (Å²) < 4.78 is 5.10. The highest BCUT2D eigenvalue weighted by atomic mass is 35.5. The third-order valence-corrected chi connectivity index (χ3v) is 3.15. The van der Waals surface area contributed by atoms with E-state index in [4.69, 9.17) is 27.9 Å². The van der Waals surface area contributed by atoms with Gasteiger partial charge in [-0.3, -0.25) is 4.99 Å². The van der Waals surface area contributed by atoms with Gasteiger partial charge in [-0.05, 0) is 41.5 Å². The van der Waals surface area contributed by atoms with Gasteiger partial charge in [0.05, 0.1) is 18.7 Å². The zero-order chi connectivity index (χ0) is 13.7. The maximum atomic E-state index is 6.04. The molecule has 0 atom stereocenters. The summed E-state index contributed by atoms with van der Waals surface area (Å²) >= 11 is 11.9. The van der Waals surface area contributed by atoms with Crippen LogP contribution in [0.5, 0.6) is 5.75 Å². The molecule has 0 aliphatic carbocycles. The summed E-state index contributed by atoms with van der Waals surface area (Å²) in [5.74, 6) is 0.663. The minimum absolute atomic E-state index is 0.581. The van der Waals surface area contributed by atoms with Crippen LogP contribution in [0.1, 0.15) is 11.1 Å². The number of halogens is 2. The number of hydrogen-bond acceptors (Lipinski definition) is 2. The Morgan fingerprint density at radius 3 is 2.47 bits per heavy atom. The first kappa shape index (κ1) is 13.9. The standard InChI is InChI=1S/C15H13Cl2NO/c1-19-15-7-4-12(8-14(15)17)10-18-9-11-2-5-13(16)6-3-11/h2-8,10H,9H2,1H3. The average Bonchev–Trinajstić information content (AvgIpc) is 2.41. The summed E-state index contributed by atoms with van der Waals surface area (Å²) in [6, 6.07) is 13.2. The first-order chi connectivity index (χ1) is 9.19. The molecule has 0 N–H and O–H groups in total. The fourth-order valence-corrected chi connectivity index (χ4v) is 2.00. The number of benzene rings is 2. The fraction of sp³-hybridized carbons (Fsp3) is 0.133. The quantitative estimate of drug-likeness (QED) is 0.754. The van der Waals surface area contributed by atoms with E-state index in [-0.39, 0.29) is 0 Å². The monoisotopic (exact) mass is 293 g/mol. The molecule has 2 aromatic rings. The van der Waals surface area contributed by atoms with Crippen LogP contribution in [0.2, 0.25) is 10.0 Å². The van der Waals surface area contributed by atoms with Crippen molar-refractivity contribution in [2.75, 3.05) is 7.11 Å². The Kier molecular flexibility index (Phi) is 4.83. The molecule has 19 heavy (non-hydrogen) atoms. The summed E-state index contributed by atoms with van der Waals surface area (Å²) in [7, 11) is 1.59. The Balaban J connectivity index is 2.02. The van der Waals surface area contributed by atoms with Crippen LogP contribution in [0.4, 0.5) is 0 Å².